The van der Waals surface area contributed by atoms with E-state index >= 15 is 0 Å². The molecule has 1 fully saturated rings. The molecular formula is C21H22N2O6. The lowest BCUT2D eigenvalue weighted by Gasteiger charge is -2.08. The zero-order chi connectivity index (χ0) is 20.9. The van der Waals surface area contributed by atoms with Crippen LogP contribution in [-0.4, -0.2) is 58.4 Å². The smallest absolute Gasteiger partial charge is 0.328 e. The minimum absolute atomic E-state index is 0.342. The number of benzene rings is 1. The summed E-state index contributed by atoms with van der Waals surface area (Å²) in [7, 11) is 0. The number of carbonyl (C=O) groups is 2. The van der Waals surface area contributed by atoms with E-state index in [0.29, 0.717) is 30.4 Å². The van der Waals surface area contributed by atoms with Crippen LogP contribution >= 0.6 is 0 Å². The third-order valence-electron chi connectivity index (χ3n) is 3.83. The molecule has 0 unspecified atom stereocenters. The fourth-order valence-electron chi connectivity index (χ4n) is 2.48. The first-order valence-corrected chi connectivity index (χ1v) is 9.01. The monoisotopic (exact) mass is 398 g/mol. The summed E-state index contributed by atoms with van der Waals surface area (Å²) in [5.41, 5.74) is 0.986. The molecule has 152 valence electrons. The van der Waals surface area contributed by atoms with Gasteiger partial charge >= 0.3 is 11.9 Å². The van der Waals surface area contributed by atoms with Crippen LogP contribution in [0.2, 0.25) is 0 Å². The van der Waals surface area contributed by atoms with E-state index in [-0.39, 0.29) is 0 Å². The summed E-state index contributed by atoms with van der Waals surface area (Å²) in [4.78, 5) is 21.5. The van der Waals surface area contributed by atoms with E-state index in [0.717, 1.165) is 12.1 Å². The molecule has 1 aromatic carbocycles. The van der Waals surface area contributed by atoms with E-state index in [9.17, 15) is 9.59 Å². The highest BCUT2D eigenvalue weighted by Gasteiger charge is 2.09. The van der Waals surface area contributed by atoms with Gasteiger partial charge < -0.3 is 19.5 Å². The molecule has 2 N–H and O–H groups in total. The van der Waals surface area contributed by atoms with Gasteiger partial charge in [0.05, 0.1) is 6.54 Å². The number of nitrogens with zero attached hydrogens (tertiary/aromatic N) is 2. The van der Waals surface area contributed by atoms with Crippen molar-refractivity contribution in [1.82, 2.24) is 10.1 Å². The van der Waals surface area contributed by atoms with Crippen molar-refractivity contribution in [2.24, 2.45) is 0 Å². The topological polar surface area (TPSA) is 113 Å². The second kappa shape index (κ2) is 12.0. The van der Waals surface area contributed by atoms with E-state index in [1.165, 1.54) is 25.9 Å². The third kappa shape index (κ3) is 8.77. The van der Waals surface area contributed by atoms with E-state index in [4.69, 9.17) is 19.5 Å². The first kappa shape index (κ1) is 21.7. The van der Waals surface area contributed by atoms with Crippen LogP contribution < -0.4 is 4.74 Å². The summed E-state index contributed by atoms with van der Waals surface area (Å²) in [5, 5.41) is 19.5. The molecule has 1 aliphatic rings. The molecule has 29 heavy (non-hydrogen) atoms. The summed E-state index contributed by atoms with van der Waals surface area (Å²) in [6.07, 6.45) is 3.70. The largest absolute Gasteiger partial charge is 0.478 e. The molecule has 0 bridgehead atoms. The average molecular weight is 398 g/mol. The van der Waals surface area contributed by atoms with Crippen LogP contribution in [0.1, 0.15) is 12.8 Å². The Bertz CT molecular complexity index is 857. The van der Waals surface area contributed by atoms with Gasteiger partial charge in [-0.3, -0.25) is 4.90 Å². The molecule has 8 heteroatoms. The Morgan fingerprint density at radius 2 is 1.76 bits per heavy atom. The van der Waals surface area contributed by atoms with Gasteiger partial charge in [-0.1, -0.05) is 42.2 Å². The molecule has 1 aromatic heterocycles. The van der Waals surface area contributed by atoms with Crippen molar-refractivity contribution < 1.29 is 29.1 Å². The minimum Gasteiger partial charge on any atom is -0.478 e. The van der Waals surface area contributed by atoms with Crippen LogP contribution in [0.25, 0.3) is 11.3 Å². The molecule has 3 rings (SSSR count). The molecule has 0 aliphatic carbocycles. The number of carboxylic acids is 2. The molecule has 8 nitrogen and oxygen atoms in total. The highest BCUT2D eigenvalue weighted by molar-refractivity contribution is 5.89. The minimum atomic E-state index is -1.26. The highest BCUT2D eigenvalue weighted by atomic mass is 16.5. The maximum atomic E-state index is 9.55. The molecule has 0 atom stereocenters. The van der Waals surface area contributed by atoms with Gasteiger partial charge in [0.25, 0.3) is 5.88 Å². The van der Waals surface area contributed by atoms with Gasteiger partial charge in [0.2, 0.25) is 0 Å². The Hall–Kier alpha value is -3.57. The first-order chi connectivity index (χ1) is 14.0. The van der Waals surface area contributed by atoms with Gasteiger partial charge in [-0.25, -0.2) is 9.59 Å². The van der Waals surface area contributed by atoms with Crippen LogP contribution in [0, 0.1) is 11.8 Å². The summed E-state index contributed by atoms with van der Waals surface area (Å²) in [5.74, 6) is 4.81. The van der Waals surface area contributed by atoms with Gasteiger partial charge in [0, 0.05) is 23.8 Å². The van der Waals surface area contributed by atoms with Gasteiger partial charge in [-0.05, 0) is 31.1 Å². The molecule has 0 amide bonds. The van der Waals surface area contributed by atoms with Gasteiger partial charge in [-0.15, -0.1) is 0 Å². The van der Waals surface area contributed by atoms with Gasteiger partial charge in [0.1, 0.15) is 0 Å². The molecule has 1 saturated heterocycles. The number of carboxylic acid groups (broad SMARTS) is 2. The van der Waals surface area contributed by atoms with Crippen molar-refractivity contribution in [3.05, 3.63) is 48.6 Å². The second-order valence-corrected chi connectivity index (χ2v) is 6.03. The number of ether oxygens (including phenoxy) is 1. The van der Waals surface area contributed by atoms with Crippen molar-refractivity contribution in [3.8, 4) is 29.0 Å². The normalized spacial score (nSPS) is 13.2. The number of likely N-dealkylation sites (tertiary alicyclic amines) is 1. The fourth-order valence-corrected chi connectivity index (χ4v) is 2.48. The fraction of sp³-hybridized carbons (Fsp3) is 0.286. The quantitative estimate of drug-likeness (QED) is 0.564. The number of hydrogen-bond donors (Lipinski definition) is 2. The summed E-state index contributed by atoms with van der Waals surface area (Å²) in [6.45, 7) is 3.50. The average Bonchev–Trinajstić information content (AvgIpc) is 3.39. The maximum absolute atomic E-state index is 9.55. The molecule has 0 radical (unpaired) electrons. The molecule has 0 spiro atoms. The SMILES string of the molecule is C(#CCN1CCCC1)COc1cc(-c2ccccc2)on1.O=C(O)/C=C/C(=O)O. The molecule has 1 aliphatic heterocycles. The molecule has 2 heterocycles. The molecule has 0 saturated carbocycles. The molecule has 2 aromatic rings. The van der Waals surface area contributed by atoms with E-state index in [1.807, 2.05) is 30.3 Å². The lowest BCUT2D eigenvalue weighted by molar-refractivity contribution is -0.134. The van der Waals surface area contributed by atoms with Gasteiger partial charge in [0.15, 0.2) is 12.4 Å². The lowest BCUT2D eigenvalue weighted by Crippen LogP contribution is -2.19. The predicted octanol–water partition coefficient (Wildman–Crippen LogP) is 2.53. The third-order valence-corrected chi connectivity index (χ3v) is 3.83. The van der Waals surface area contributed by atoms with Crippen LogP contribution in [0.3, 0.4) is 0 Å². The Morgan fingerprint density at radius 3 is 2.38 bits per heavy atom. The standard InChI is InChI=1S/C17H18N2O2.C4H4O4/c1-2-8-15(9-3-1)16-14-17(18-21-16)20-13-7-6-12-19-10-4-5-11-19;5-3(6)1-2-4(7)8/h1-3,8-9,14H,4-5,10-13H2;1-2H,(H,5,6)(H,7,8)/b;2-1+. The zero-order valence-corrected chi connectivity index (χ0v) is 15.8. The summed E-state index contributed by atoms with van der Waals surface area (Å²) >= 11 is 0. The van der Waals surface area contributed by atoms with Crippen molar-refractivity contribution in [1.29, 1.82) is 0 Å². The first-order valence-electron chi connectivity index (χ1n) is 9.01. The van der Waals surface area contributed by atoms with Crippen LogP contribution in [0.15, 0.2) is 53.1 Å². The Morgan fingerprint density at radius 1 is 1.10 bits per heavy atom. The predicted molar refractivity (Wildman–Crippen MR) is 105 cm³/mol. The highest BCUT2D eigenvalue weighted by Crippen LogP contribution is 2.22. The second-order valence-electron chi connectivity index (χ2n) is 6.03. The van der Waals surface area contributed by atoms with E-state index < -0.39 is 11.9 Å². The van der Waals surface area contributed by atoms with Crippen molar-refractivity contribution in [3.63, 3.8) is 0 Å². The van der Waals surface area contributed by atoms with Crippen LogP contribution in [0.5, 0.6) is 5.88 Å². The Kier molecular flexibility index (Phi) is 8.99. The number of aliphatic carboxylic acids is 2. The Balaban J connectivity index is 0.000000321. The Labute approximate surface area is 168 Å². The van der Waals surface area contributed by atoms with Crippen molar-refractivity contribution in [2.45, 2.75) is 12.8 Å². The van der Waals surface area contributed by atoms with Gasteiger partial charge in [-0.2, -0.15) is 0 Å². The number of hydrogen-bond acceptors (Lipinski definition) is 6. The molecular weight excluding hydrogens is 376 g/mol. The van der Waals surface area contributed by atoms with E-state index in [2.05, 4.69) is 21.9 Å². The summed E-state index contributed by atoms with van der Waals surface area (Å²) in [6, 6.07) is 11.6. The van der Waals surface area contributed by atoms with Crippen molar-refractivity contribution >= 4 is 11.9 Å². The number of aromatic nitrogens is 1. The van der Waals surface area contributed by atoms with Crippen LogP contribution in [0.4, 0.5) is 0 Å². The van der Waals surface area contributed by atoms with E-state index in [1.54, 1.807) is 6.07 Å². The lowest BCUT2D eigenvalue weighted by atomic mass is 10.2. The maximum Gasteiger partial charge on any atom is 0.328 e. The summed E-state index contributed by atoms with van der Waals surface area (Å²) < 4.78 is 10.7. The van der Waals surface area contributed by atoms with Crippen molar-refractivity contribution in [2.75, 3.05) is 26.2 Å². The number of rotatable bonds is 6. The van der Waals surface area contributed by atoms with Crippen LogP contribution in [-0.2, 0) is 9.59 Å². The zero-order valence-electron chi connectivity index (χ0n) is 15.8.